The molecule has 0 bridgehead atoms. The Labute approximate surface area is 56.6 Å². The minimum absolute atomic E-state index is 0.418. The lowest BCUT2D eigenvalue weighted by Crippen LogP contribution is -1.92. The summed E-state index contributed by atoms with van der Waals surface area (Å²) in [5.74, 6) is 0. The van der Waals surface area contributed by atoms with Crippen LogP contribution in [0.2, 0.25) is 0 Å². The number of hydrogen-bond donors (Lipinski definition) is 0. The molecule has 0 saturated carbocycles. The van der Waals surface area contributed by atoms with E-state index in [0.717, 1.165) is 12.8 Å². The van der Waals surface area contributed by atoms with E-state index in [1.807, 2.05) is 6.08 Å². The van der Waals surface area contributed by atoms with E-state index in [0.29, 0.717) is 4.91 Å². The van der Waals surface area contributed by atoms with E-state index < -0.39 is 11.1 Å². The van der Waals surface area contributed by atoms with E-state index in [1.54, 1.807) is 12.2 Å². The molecule has 3 heteroatoms. The van der Waals surface area contributed by atoms with Crippen molar-refractivity contribution < 1.29 is 8.76 Å². The summed E-state index contributed by atoms with van der Waals surface area (Å²) in [5.41, 5.74) is 0. The minimum atomic E-state index is -2.03. The maximum atomic E-state index is 10.2. The van der Waals surface area contributed by atoms with Gasteiger partial charge in [-0.1, -0.05) is 18.2 Å². The predicted molar refractivity (Wildman–Crippen MR) is 35.4 cm³/mol. The van der Waals surface area contributed by atoms with Crippen LogP contribution in [0.1, 0.15) is 12.8 Å². The third-order valence-corrected chi connectivity index (χ3v) is 1.84. The second kappa shape index (κ2) is 2.94. The summed E-state index contributed by atoms with van der Waals surface area (Å²) in [4.78, 5) is 0.418. The highest BCUT2D eigenvalue weighted by Crippen LogP contribution is 2.10. The molecule has 1 aliphatic carbocycles. The van der Waals surface area contributed by atoms with Crippen molar-refractivity contribution in [2.24, 2.45) is 0 Å². The molecule has 0 aliphatic heterocycles. The first kappa shape index (κ1) is 6.71. The molecule has 0 aromatic heterocycles. The summed E-state index contributed by atoms with van der Waals surface area (Å²) in [5, 5.41) is 0. The van der Waals surface area contributed by atoms with Gasteiger partial charge in [-0.3, -0.25) is 4.21 Å². The van der Waals surface area contributed by atoms with Crippen LogP contribution in [0, 0.1) is 0 Å². The Morgan fingerprint density at radius 2 is 2.33 bits per heavy atom. The molecule has 0 heterocycles. The lowest BCUT2D eigenvalue weighted by molar-refractivity contribution is 0.544. The Kier molecular flexibility index (Phi) is 2.19. The highest BCUT2D eigenvalue weighted by Gasteiger charge is 1.94. The van der Waals surface area contributed by atoms with Gasteiger partial charge in [0.2, 0.25) is 0 Å². The fourth-order valence-corrected chi connectivity index (χ4v) is 1.17. The van der Waals surface area contributed by atoms with Gasteiger partial charge in [0.25, 0.3) is 0 Å². The maximum absolute atomic E-state index is 10.2. The highest BCUT2D eigenvalue weighted by molar-refractivity contribution is 7.83. The molecule has 0 saturated heterocycles. The SMILES string of the molecule is O=S([O-])C1=CCCC=C1. The molecule has 0 fully saturated rings. The monoisotopic (exact) mass is 143 g/mol. The lowest BCUT2D eigenvalue weighted by atomic mass is 10.2. The third kappa shape index (κ3) is 1.77. The zero-order valence-electron chi connectivity index (χ0n) is 4.87. The first-order valence-corrected chi connectivity index (χ1v) is 3.84. The van der Waals surface area contributed by atoms with Crippen LogP contribution < -0.4 is 0 Å². The van der Waals surface area contributed by atoms with Crippen LogP contribution >= 0.6 is 0 Å². The molecular weight excluding hydrogens is 136 g/mol. The van der Waals surface area contributed by atoms with Crippen molar-refractivity contribution in [3.05, 3.63) is 23.1 Å². The molecule has 0 N–H and O–H groups in total. The van der Waals surface area contributed by atoms with E-state index in [-0.39, 0.29) is 0 Å². The summed E-state index contributed by atoms with van der Waals surface area (Å²) in [6.07, 6.45) is 7.03. The largest absolute Gasteiger partial charge is 0.768 e. The lowest BCUT2D eigenvalue weighted by Gasteiger charge is -2.08. The van der Waals surface area contributed by atoms with Crippen LogP contribution in [0.3, 0.4) is 0 Å². The van der Waals surface area contributed by atoms with Crippen molar-refractivity contribution in [2.45, 2.75) is 12.8 Å². The number of hydrogen-bond acceptors (Lipinski definition) is 2. The van der Waals surface area contributed by atoms with Crippen molar-refractivity contribution in [1.29, 1.82) is 0 Å². The van der Waals surface area contributed by atoms with Crippen molar-refractivity contribution in [2.75, 3.05) is 0 Å². The normalized spacial score (nSPS) is 21.2. The van der Waals surface area contributed by atoms with Gasteiger partial charge in [-0.15, -0.1) is 0 Å². The summed E-state index contributed by atoms with van der Waals surface area (Å²) in [7, 11) is 0. The molecule has 1 unspecified atom stereocenters. The Balaban J connectivity index is 2.69. The maximum Gasteiger partial charge on any atom is 0.0205 e. The predicted octanol–water partition coefficient (Wildman–Crippen LogP) is 1.10. The van der Waals surface area contributed by atoms with Crippen LogP contribution in [0.15, 0.2) is 23.1 Å². The van der Waals surface area contributed by atoms with Gasteiger partial charge in [0.05, 0.1) is 0 Å². The highest BCUT2D eigenvalue weighted by atomic mass is 32.2. The first-order chi connectivity index (χ1) is 4.30. The van der Waals surface area contributed by atoms with E-state index in [4.69, 9.17) is 0 Å². The molecule has 9 heavy (non-hydrogen) atoms. The summed E-state index contributed by atoms with van der Waals surface area (Å²) >= 11 is -2.03. The Morgan fingerprint density at radius 3 is 2.67 bits per heavy atom. The quantitative estimate of drug-likeness (QED) is 0.516. The zero-order valence-corrected chi connectivity index (χ0v) is 5.69. The molecule has 1 atom stereocenters. The summed E-state index contributed by atoms with van der Waals surface area (Å²) < 4.78 is 20.5. The zero-order chi connectivity index (χ0) is 6.69. The van der Waals surface area contributed by atoms with Crippen LogP contribution in [-0.4, -0.2) is 8.76 Å². The molecule has 0 radical (unpaired) electrons. The van der Waals surface area contributed by atoms with Crippen LogP contribution in [-0.2, 0) is 11.1 Å². The van der Waals surface area contributed by atoms with Gasteiger partial charge in [-0.05, 0) is 23.9 Å². The molecule has 0 spiro atoms. The van der Waals surface area contributed by atoms with Crippen LogP contribution in [0.25, 0.3) is 0 Å². The second-order valence-corrected chi connectivity index (χ2v) is 2.76. The van der Waals surface area contributed by atoms with E-state index >= 15 is 0 Å². The van der Waals surface area contributed by atoms with Crippen molar-refractivity contribution >= 4 is 11.1 Å². The molecular formula is C6H7O2S-. The van der Waals surface area contributed by atoms with Gasteiger partial charge >= 0.3 is 0 Å². The Bertz CT molecular complexity index is 181. The van der Waals surface area contributed by atoms with E-state index in [9.17, 15) is 8.76 Å². The molecule has 1 aliphatic rings. The second-order valence-electron chi connectivity index (χ2n) is 1.82. The number of rotatable bonds is 1. The molecule has 0 aromatic carbocycles. The molecule has 0 aromatic rings. The number of allylic oxidation sites excluding steroid dienone is 3. The van der Waals surface area contributed by atoms with Gasteiger partial charge in [-0.25, -0.2) is 0 Å². The molecule has 2 nitrogen and oxygen atoms in total. The van der Waals surface area contributed by atoms with Crippen molar-refractivity contribution in [3.63, 3.8) is 0 Å². The summed E-state index contributed by atoms with van der Waals surface area (Å²) in [6, 6.07) is 0. The van der Waals surface area contributed by atoms with E-state index in [2.05, 4.69) is 0 Å². The smallest absolute Gasteiger partial charge is 0.0205 e. The fourth-order valence-electron chi connectivity index (χ4n) is 0.713. The fraction of sp³-hybridized carbons (Fsp3) is 0.333. The average Bonchev–Trinajstić information content (AvgIpc) is 1.90. The van der Waals surface area contributed by atoms with Gasteiger partial charge in [0, 0.05) is 4.91 Å². The third-order valence-electron chi connectivity index (χ3n) is 1.15. The van der Waals surface area contributed by atoms with E-state index in [1.165, 1.54) is 0 Å². The molecule has 0 amide bonds. The van der Waals surface area contributed by atoms with Gasteiger partial charge in [0.1, 0.15) is 0 Å². The average molecular weight is 143 g/mol. The van der Waals surface area contributed by atoms with Crippen LogP contribution in [0.4, 0.5) is 0 Å². The first-order valence-electron chi connectivity index (χ1n) is 2.76. The van der Waals surface area contributed by atoms with Crippen molar-refractivity contribution in [1.82, 2.24) is 0 Å². The Hall–Kier alpha value is -0.410. The van der Waals surface area contributed by atoms with Crippen LogP contribution in [0.5, 0.6) is 0 Å². The topological polar surface area (TPSA) is 40.1 Å². The van der Waals surface area contributed by atoms with Crippen molar-refractivity contribution in [3.8, 4) is 0 Å². The Morgan fingerprint density at radius 1 is 1.56 bits per heavy atom. The van der Waals surface area contributed by atoms with Gasteiger partial charge in [-0.2, -0.15) is 0 Å². The summed E-state index contributed by atoms with van der Waals surface area (Å²) in [6.45, 7) is 0. The standard InChI is InChI=1S/C6H8O2S/c7-9(8)6-4-2-1-3-5-6/h2,4-5H,1,3H2,(H,7,8)/p-1. The van der Waals surface area contributed by atoms with Gasteiger partial charge in [0.15, 0.2) is 0 Å². The van der Waals surface area contributed by atoms with Gasteiger partial charge < -0.3 is 4.55 Å². The molecule has 1 rings (SSSR count). The minimum Gasteiger partial charge on any atom is -0.768 e. The molecule has 50 valence electrons.